The van der Waals surface area contributed by atoms with E-state index in [0.29, 0.717) is 23.7 Å². The van der Waals surface area contributed by atoms with E-state index in [1.165, 1.54) is 4.57 Å². The molecule has 0 bridgehead atoms. The van der Waals surface area contributed by atoms with E-state index >= 15 is 0 Å². The predicted octanol–water partition coefficient (Wildman–Crippen LogP) is 3.54. The van der Waals surface area contributed by atoms with Gasteiger partial charge in [-0.25, -0.2) is 4.79 Å². The van der Waals surface area contributed by atoms with Crippen LogP contribution < -0.4 is 21.9 Å². The molecule has 33 heavy (non-hydrogen) atoms. The minimum Gasteiger partial charge on any atom is -0.445 e. The number of nitrogens with zero attached hydrogens (tertiary/aromatic N) is 1. The number of nitrogens with one attached hydrogen (secondary N) is 2. The number of benzene rings is 2. The first kappa shape index (κ1) is 22.4. The number of fused-ring (bicyclic) bond motifs is 1. The summed E-state index contributed by atoms with van der Waals surface area (Å²) in [6, 6.07) is 16.6. The molecule has 0 aliphatic heterocycles. The molecule has 1 saturated carbocycles. The number of nitrogens with two attached hydrogens (primary N) is 1. The Labute approximate surface area is 191 Å². The summed E-state index contributed by atoms with van der Waals surface area (Å²) in [5.74, 6) is -0.605. The normalized spacial score (nSPS) is 18.0. The zero-order chi connectivity index (χ0) is 23.4. The van der Waals surface area contributed by atoms with Crippen molar-refractivity contribution in [2.24, 2.45) is 13.0 Å². The fraction of sp³-hybridized carbons (Fsp3) is 0.320. The third kappa shape index (κ3) is 5.00. The molecule has 0 radical (unpaired) electrons. The summed E-state index contributed by atoms with van der Waals surface area (Å²) in [6.07, 6.45) is 2.20. The number of pyridine rings is 1. The molecule has 1 aromatic heterocycles. The topological polar surface area (TPSA) is 115 Å². The van der Waals surface area contributed by atoms with Crippen LogP contribution in [0.3, 0.4) is 0 Å². The second-order valence-corrected chi connectivity index (χ2v) is 8.43. The van der Waals surface area contributed by atoms with Gasteiger partial charge in [-0.2, -0.15) is 0 Å². The highest BCUT2D eigenvalue weighted by molar-refractivity contribution is 6.02. The molecule has 2 amide bonds. The number of alkyl carbamates (subject to hydrolysis) is 1. The Kier molecular flexibility index (Phi) is 6.63. The van der Waals surface area contributed by atoms with Gasteiger partial charge in [-0.3, -0.25) is 9.59 Å². The molecule has 3 aromatic rings. The second-order valence-electron chi connectivity index (χ2n) is 8.43. The zero-order valence-corrected chi connectivity index (χ0v) is 18.5. The lowest BCUT2D eigenvalue weighted by atomic mass is 9.85. The van der Waals surface area contributed by atoms with Crippen molar-refractivity contribution in [3.63, 3.8) is 0 Å². The van der Waals surface area contributed by atoms with Gasteiger partial charge >= 0.3 is 6.09 Å². The van der Waals surface area contributed by atoms with Crippen LogP contribution in [0.15, 0.2) is 59.4 Å². The van der Waals surface area contributed by atoms with Gasteiger partial charge in [0.25, 0.3) is 5.56 Å². The van der Waals surface area contributed by atoms with Gasteiger partial charge < -0.3 is 25.7 Å². The summed E-state index contributed by atoms with van der Waals surface area (Å²) in [5, 5.41) is 6.33. The number of rotatable bonds is 5. The van der Waals surface area contributed by atoms with Crippen molar-refractivity contribution in [1.29, 1.82) is 0 Å². The van der Waals surface area contributed by atoms with Gasteiger partial charge in [0.1, 0.15) is 12.3 Å². The highest BCUT2D eigenvalue weighted by Crippen LogP contribution is 2.28. The molecular formula is C25H28N4O4. The molecule has 2 atom stereocenters. The van der Waals surface area contributed by atoms with Gasteiger partial charge in [0.15, 0.2) is 0 Å². The largest absolute Gasteiger partial charge is 0.445 e. The summed E-state index contributed by atoms with van der Waals surface area (Å²) >= 11 is 0. The lowest BCUT2D eigenvalue weighted by molar-refractivity contribution is -0.121. The third-order valence-corrected chi connectivity index (χ3v) is 6.17. The summed E-state index contributed by atoms with van der Waals surface area (Å²) in [4.78, 5) is 38.0. The van der Waals surface area contributed by atoms with E-state index in [1.54, 1.807) is 7.05 Å². The summed E-state index contributed by atoms with van der Waals surface area (Å²) in [7, 11) is 1.65. The zero-order valence-electron chi connectivity index (χ0n) is 18.5. The van der Waals surface area contributed by atoms with Gasteiger partial charge in [0.2, 0.25) is 5.91 Å². The number of para-hydroxylation sites is 1. The summed E-state index contributed by atoms with van der Waals surface area (Å²) in [6.45, 7) is 0.188. The van der Waals surface area contributed by atoms with Crippen molar-refractivity contribution < 1.29 is 14.3 Å². The smallest absolute Gasteiger partial charge is 0.407 e. The third-order valence-electron chi connectivity index (χ3n) is 6.17. The fourth-order valence-electron chi connectivity index (χ4n) is 4.36. The van der Waals surface area contributed by atoms with Crippen molar-refractivity contribution in [3.05, 3.63) is 70.5 Å². The van der Waals surface area contributed by atoms with Crippen molar-refractivity contribution in [2.45, 2.75) is 38.3 Å². The predicted molar refractivity (Wildman–Crippen MR) is 128 cm³/mol. The highest BCUT2D eigenvalue weighted by atomic mass is 16.5. The molecular weight excluding hydrogens is 420 g/mol. The van der Waals surface area contributed by atoms with Crippen molar-refractivity contribution in [2.75, 3.05) is 11.1 Å². The van der Waals surface area contributed by atoms with E-state index in [1.807, 2.05) is 54.6 Å². The lowest BCUT2D eigenvalue weighted by Crippen LogP contribution is -2.41. The Morgan fingerprint density at radius 1 is 1.09 bits per heavy atom. The Morgan fingerprint density at radius 3 is 2.61 bits per heavy atom. The molecule has 4 N–H and O–H groups in total. The van der Waals surface area contributed by atoms with Gasteiger partial charge in [-0.05, 0) is 30.9 Å². The van der Waals surface area contributed by atoms with E-state index in [-0.39, 0.29) is 41.4 Å². The number of hydrogen-bond donors (Lipinski definition) is 3. The average molecular weight is 449 g/mol. The van der Waals surface area contributed by atoms with E-state index in [0.717, 1.165) is 18.4 Å². The first-order valence-corrected chi connectivity index (χ1v) is 11.1. The number of carbonyl (C=O) groups excluding carboxylic acids is 2. The number of nitrogen functional groups attached to an aromatic ring is 1. The molecule has 2 aromatic carbocycles. The van der Waals surface area contributed by atoms with Gasteiger partial charge in [0.05, 0.1) is 11.2 Å². The van der Waals surface area contributed by atoms with E-state index in [2.05, 4.69) is 10.6 Å². The van der Waals surface area contributed by atoms with Gasteiger partial charge in [0, 0.05) is 24.4 Å². The monoisotopic (exact) mass is 448 g/mol. The van der Waals surface area contributed by atoms with Crippen LogP contribution in [0, 0.1) is 5.92 Å². The summed E-state index contributed by atoms with van der Waals surface area (Å²) < 4.78 is 6.78. The molecule has 1 fully saturated rings. The summed E-state index contributed by atoms with van der Waals surface area (Å²) in [5.41, 5.74) is 7.85. The second kappa shape index (κ2) is 9.77. The molecule has 8 heteroatoms. The average Bonchev–Trinajstić information content (AvgIpc) is 2.84. The maximum absolute atomic E-state index is 13.0. The van der Waals surface area contributed by atoms with Crippen LogP contribution in [-0.4, -0.2) is 22.6 Å². The Hall–Kier alpha value is -3.81. The number of carbonyl (C=O) groups is 2. The maximum Gasteiger partial charge on any atom is 0.407 e. The molecule has 2 unspecified atom stereocenters. The first-order valence-electron chi connectivity index (χ1n) is 11.1. The van der Waals surface area contributed by atoms with Gasteiger partial charge in [-0.15, -0.1) is 0 Å². The quantitative estimate of drug-likeness (QED) is 0.552. The molecule has 1 aliphatic rings. The van der Waals surface area contributed by atoms with Crippen molar-refractivity contribution in [3.8, 4) is 0 Å². The van der Waals surface area contributed by atoms with Crippen LogP contribution >= 0.6 is 0 Å². The van der Waals surface area contributed by atoms with Crippen molar-refractivity contribution >= 4 is 34.3 Å². The minimum atomic E-state index is -0.502. The molecule has 1 heterocycles. The highest BCUT2D eigenvalue weighted by Gasteiger charge is 2.29. The SMILES string of the molecule is Cn1c(=O)c(NC(=O)C2CCCC(NC(=O)OCc3ccccc3)C2)c(N)c2ccccc21. The number of hydrogen-bond acceptors (Lipinski definition) is 5. The Bertz CT molecular complexity index is 1220. The number of aromatic nitrogens is 1. The number of ether oxygens (including phenoxy) is 1. The molecule has 8 nitrogen and oxygen atoms in total. The molecule has 0 saturated heterocycles. The van der Waals surface area contributed by atoms with Crippen LogP contribution in [0.5, 0.6) is 0 Å². The lowest BCUT2D eigenvalue weighted by Gasteiger charge is -2.29. The Balaban J connectivity index is 1.39. The number of aryl methyl sites for hydroxylation is 1. The van der Waals surface area contributed by atoms with E-state index in [4.69, 9.17) is 10.5 Å². The van der Waals surface area contributed by atoms with Crippen LogP contribution in [-0.2, 0) is 23.2 Å². The van der Waals surface area contributed by atoms with E-state index in [9.17, 15) is 14.4 Å². The van der Waals surface area contributed by atoms with Gasteiger partial charge in [-0.1, -0.05) is 55.0 Å². The van der Waals surface area contributed by atoms with Crippen LogP contribution in [0.4, 0.5) is 16.2 Å². The standard InChI is InChI=1S/C25H28N4O4/c1-29-20-13-6-5-12-19(20)21(26)22(24(29)31)28-23(30)17-10-7-11-18(14-17)27-25(32)33-15-16-8-3-2-4-9-16/h2-6,8-9,12-13,17-18H,7,10-11,14-15,26H2,1H3,(H,27,32)(H,28,30). The van der Waals surface area contributed by atoms with Crippen LogP contribution in [0.2, 0.25) is 0 Å². The first-order chi connectivity index (χ1) is 15.9. The number of anilines is 2. The van der Waals surface area contributed by atoms with Crippen LogP contribution in [0.25, 0.3) is 10.9 Å². The van der Waals surface area contributed by atoms with E-state index < -0.39 is 6.09 Å². The fourth-order valence-corrected chi connectivity index (χ4v) is 4.36. The van der Waals surface area contributed by atoms with Crippen LogP contribution in [0.1, 0.15) is 31.2 Å². The Morgan fingerprint density at radius 2 is 1.82 bits per heavy atom. The number of amides is 2. The molecule has 0 spiro atoms. The maximum atomic E-state index is 13.0. The van der Waals surface area contributed by atoms with Crippen molar-refractivity contribution in [1.82, 2.24) is 9.88 Å². The molecule has 4 rings (SSSR count). The minimum absolute atomic E-state index is 0.0959. The molecule has 172 valence electrons. The molecule has 1 aliphatic carbocycles.